The van der Waals surface area contributed by atoms with E-state index >= 15 is 0 Å². The smallest absolute Gasteiger partial charge is 0.136 e. The Morgan fingerprint density at radius 1 is 1.17 bits per heavy atom. The molecule has 2 saturated heterocycles. The highest BCUT2D eigenvalue weighted by Gasteiger charge is 2.35. The summed E-state index contributed by atoms with van der Waals surface area (Å²) in [5.41, 5.74) is 0.922. The highest BCUT2D eigenvalue weighted by molar-refractivity contribution is 5.41. The molecule has 0 radical (unpaired) electrons. The Morgan fingerprint density at radius 3 is 2.61 bits per heavy atom. The molecule has 2 aliphatic rings. The zero-order chi connectivity index (χ0) is 16.6. The van der Waals surface area contributed by atoms with E-state index in [-0.39, 0.29) is 5.41 Å². The summed E-state index contributed by atoms with van der Waals surface area (Å²) in [6, 6.07) is 3.51. The van der Waals surface area contributed by atoms with Crippen molar-refractivity contribution in [2.75, 3.05) is 32.1 Å². The van der Waals surface area contributed by atoms with E-state index in [0.29, 0.717) is 12.6 Å². The van der Waals surface area contributed by atoms with Crippen LogP contribution in [-0.2, 0) is 16.8 Å². The molecule has 0 spiro atoms. The first-order chi connectivity index (χ1) is 10.9. The van der Waals surface area contributed by atoms with E-state index < -0.39 is 0 Å². The van der Waals surface area contributed by atoms with Crippen molar-refractivity contribution in [3.05, 3.63) is 17.6 Å². The van der Waals surface area contributed by atoms with Gasteiger partial charge >= 0.3 is 0 Å². The quantitative estimate of drug-likeness (QED) is 0.857. The number of rotatable bonds is 3. The zero-order valence-electron chi connectivity index (χ0n) is 15.2. The van der Waals surface area contributed by atoms with Gasteiger partial charge in [0.05, 0.1) is 12.3 Å². The van der Waals surface area contributed by atoms with Gasteiger partial charge in [-0.15, -0.1) is 0 Å². The molecule has 3 heterocycles. The fourth-order valence-corrected chi connectivity index (χ4v) is 3.72. The molecule has 1 aromatic rings. The minimum Gasteiger partial charge on any atom is -0.378 e. The van der Waals surface area contributed by atoms with Crippen molar-refractivity contribution in [1.82, 2.24) is 14.9 Å². The first kappa shape index (κ1) is 16.7. The number of likely N-dealkylation sites (N-methyl/N-ethyl adjacent to an activating group) is 1. The topological polar surface area (TPSA) is 41.5 Å². The average Bonchev–Trinajstić information content (AvgIpc) is 2.71. The van der Waals surface area contributed by atoms with Crippen molar-refractivity contribution < 1.29 is 4.74 Å². The maximum atomic E-state index is 5.31. The van der Waals surface area contributed by atoms with Crippen LogP contribution in [0.15, 0.2) is 6.07 Å². The summed E-state index contributed by atoms with van der Waals surface area (Å²) in [7, 11) is 4.00. The summed E-state index contributed by atoms with van der Waals surface area (Å²) in [5, 5.41) is 0. The van der Waals surface area contributed by atoms with Crippen molar-refractivity contribution in [1.29, 1.82) is 0 Å². The Balaban J connectivity index is 1.90. The van der Waals surface area contributed by atoms with Crippen molar-refractivity contribution in [3.8, 4) is 0 Å². The van der Waals surface area contributed by atoms with Crippen LogP contribution in [0.25, 0.3) is 0 Å². The van der Waals surface area contributed by atoms with Gasteiger partial charge in [-0.05, 0) is 26.3 Å². The molecule has 0 N–H and O–H groups in total. The van der Waals surface area contributed by atoms with E-state index in [1.165, 1.54) is 19.3 Å². The number of hydrogen-bond donors (Lipinski definition) is 0. The predicted molar refractivity (Wildman–Crippen MR) is 92.8 cm³/mol. The van der Waals surface area contributed by atoms with Gasteiger partial charge in [0.2, 0.25) is 0 Å². The van der Waals surface area contributed by atoms with Gasteiger partial charge in [-0.3, -0.25) is 4.90 Å². The SMILES string of the molecule is COCc1cc(N2CCC3CCC(C2)N3C)nc(C(C)(C)C)n1. The lowest BCUT2D eigenvalue weighted by Gasteiger charge is -2.28. The van der Waals surface area contributed by atoms with Crippen molar-refractivity contribution in [2.24, 2.45) is 0 Å². The number of aromatic nitrogens is 2. The lowest BCUT2D eigenvalue weighted by atomic mass is 9.95. The second-order valence-electron chi connectivity index (χ2n) is 8.01. The highest BCUT2D eigenvalue weighted by Crippen LogP contribution is 2.31. The summed E-state index contributed by atoms with van der Waals surface area (Å²) >= 11 is 0. The average molecular weight is 318 g/mol. The minimum absolute atomic E-state index is 0.0554. The third-order valence-corrected chi connectivity index (χ3v) is 5.20. The van der Waals surface area contributed by atoms with Crippen molar-refractivity contribution in [3.63, 3.8) is 0 Å². The molecule has 5 heteroatoms. The monoisotopic (exact) mass is 318 g/mol. The van der Waals surface area contributed by atoms with Crippen LogP contribution in [0, 0.1) is 0 Å². The highest BCUT2D eigenvalue weighted by atomic mass is 16.5. The van der Waals surface area contributed by atoms with Gasteiger partial charge in [-0.2, -0.15) is 0 Å². The summed E-state index contributed by atoms with van der Waals surface area (Å²) < 4.78 is 5.31. The molecule has 128 valence electrons. The molecule has 5 nitrogen and oxygen atoms in total. The van der Waals surface area contributed by atoms with E-state index in [1.54, 1.807) is 7.11 Å². The molecular weight excluding hydrogens is 288 g/mol. The number of hydrogen-bond acceptors (Lipinski definition) is 5. The van der Waals surface area contributed by atoms with Crippen LogP contribution in [-0.4, -0.2) is 54.2 Å². The molecule has 1 aromatic heterocycles. The van der Waals surface area contributed by atoms with Crippen molar-refractivity contribution >= 4 is 5.82 Å². The van der Waals surface area contributed by atoms with Gasteiger partial charge in [-0.1, -0.05) is 20.8 Å². The maximum absolute atomic E-state index is 5.31. The standard InChI is InChI=1S/C18H30N4O/c1-18(2,3)17-19-13(12-23-5)10-16(20-17)22-9-8-14-6-7-15(11-22)21(14)4/h10,14-15H,6-9,11-12H2,1-5H3. The minimum atomic E-state index is -0.0554. The number of methoxy groups -OCH3 is 1. The molecule has 2 aliphatic heterocycles. The van der Waals surface area contributed by atoms with Crippen LogP contribution < -0.4 is 4.90 Å². The van der Waals surface area contributed by atoms with Gasteiger partial charge in [0.25, 0.3) is 0 Å². The van der Waals surface area contributed by atoms with Crippen LogP contribution in [0.1, 0.15) is 51.6 Å². The second-order valence-corrected chi connectivity index (χ2v) is 8.01. The Labute approximate surface area is 140 Å². The molecule has 23 heavy (non-hydrogen) atoms. The Bertz CT molecular complexity index is 554. The molecule has 2 fully saturated rings. The van der Waals surface area contributed by atoms with E-state index in [9.17, 15) is 0 Å². The van der Waals surface area contributed by atoms with E-state index in [0.717, 1.165) is 36.5 Å². The largest absolute Gasteiger partial charge is 0.378 e. The van der Waals surface area contributed by atoms with Gasteiger partial charge < -0.3 is 9.64 Å². The molecule has 0 aromatic carbocycles. The molecule has 0 saturated carbocycles. The fourth-order valence-electron chi connectivity index (χ4n) is 3.72. The summed E-state index contributed by atoms with van der Waals surface area (Å²) in [6.07, 6.45) is 3.88. The maximum Gasteiger partial charge on any atom is 0.136 e. The number of fused-ring (bicyclic) bond motifs is 2. The number of anilines is 1. The fraction of sp³-hybridized carbons (Fsp3) is 0.778. The Hall–Kier alpha value is -1.20. The lowest BCUT2D eigenvalue weighted by Crippen LogP contribution is -2.37. The summed E-state index contributed by atoms with van der Waals surface area (Å²) in [4.78, 5) is 14.6. The van der Waals surface area contributed by atoms with Crippen LogP contribution in [0.2, 0.25) is 0 Å². The Kier molecular flexibility index (Phi) is 4.61. The van der Waals surface area contributed by atoms with Crippen molar-refractivity contribution in [2.45, 2.75) is 64.1 Å². The van der Waals surface area contributed by atoms with Gasteiger partial charge in [0.1, 0.15) is 11.6 Å². The molecule has 0 aliphatic carbocycles. The lowest BCUT2D eigenvalue weighted by molar-refractivity contribution is 0.181. The number of nitrogens with zero attached hydrogens (tertiary/aromatic N) is 4. The molecule has 2 bridgehead atoms. The normalized spacial score (nSPS) is 25.7. The second kappa shape index (κ2) is 6.36. The van der Waals surface area contributed by atoms with Crippen LogP contribution >= 0.6 is 0 Å². The first-order valence-corrected chi connectivity index (χ1v) is 8.72. The van der Waals surface area contributed by atoms with Gasteiger partial charge in [-0.25, -0.2) is 9.97 Å². The van der Waals surface area contributed by atoms with Crippen LogP contribution in [0.4, 0.5) is 5.82 Å². The summed E-state index contributed by atoms with van der Waals surface area (Å²) in [6.45, 7) is 9.19. The number of ether oxygens (including phenoxy) is 1. The van der Waals surface area contributed by atoms with E-state index in [4.69, 9.17) is 14.7 Å². The predicted octanol–water partition coefficient (Wildman–Crippen LogP) is 2.59. The first-order valence-electron chi connectivity index (χ1n) is 8.72. The third-order valence-electron chi connectivity index (χ3n) is 5.20. The Morgan fingerprint density at radius 2 is 1.91 bits per heavy atom. The van der Waals surface area contributed by atoms with Gasteiger partial charge in [0.15, 0.2) is 0 Å². The van der Waals surface area contributed by atoms with Crippen LogP contribution in [0.5, 0.6) is 0 Å². The molecule has 3 rings (SSSR count). The van der Waals surface area contributed by atoms with E-state index in [2.05, 4.69) is 43.7 Å². The van der Waals surface area contributed by atoms with Gasteiger partial charge in [0, 0.05) is 43.8 Å². The summed E-state index contributed by atoms with van der Waals surface area (Å²) in [5.74, 6) is 1.97. The third kappa shape index (κ3) is 3.50. The molecule has 0 amide bonds. The van der Waals surface area contributed by atoms with E-state index in [1.807, 2.05) is 0 Å². The molecular formula is C18H30N4O. The zero-order valence-corrected chi connectivity index (χ0v) is 15.2. The molecule has 2 unspecified atom stereocenters. The van der Waals surface area contributed by atoms with Crippen LogP contribution in [0.3, 0.4) is 0 Å². The molecule has 2 atom stereocenters.